The molecule has 0 aliphatic carbocycles. The Labute approximate surface area is 268 Å². The maximum Gasteiger partial charge on any atom is 0.251 e. The van der Waals surface area contributed by atoms with Gasteiger partial charge in [0.25, 0.3) is 5.91 Å². The van der Waals surface area contributed by atoms with Crippen LogP contribution in [0.4, 0.5) is 11.4 Å². The van der Waals surface area contributed by atoms with Crippen molar-refractivity contribution in [1.29, 1.82) is 0 Å². The third-order valence-electron chi connectivity index (χ3n) is 9.18. The maximum absolute atomic E-state index is 14.8. The Kier molecular flexibility index (Phi) is 9.49. The number of thioether (sulfide) groups is 1. The number of para-hydroxylation sites is 1. The smallest absolute Gasteiger partial charge is 0.251 e. The number of hydrogen-bond donors (Lipinski definition) is 1. The molecule has 0 saturated carbocycles. The van der Waals surface area contributed by atoms with Gasteiger partial charge >= 0.3 is 0 Å². The lowest BCUT2D eigenvalue weighted by Gasteiger charge is -2.41. The Morgan fingerprint density at radius 3 is 2.43 bits per heavy atom. The second kappa shape index (κ2) is 13.0. The van der Waals surface area contributed by atoms with Gasteiger partial charge < -0.3 is 24.5 Å². The van der Waals surface area contributed by atoms with Crippen LogP contribution in [0, 0.1) is 24.7 Å². The molecule has 5 rings (SSSR count). The Morgan fingerprint density at radius 1 is 1.14 bits per heavy atom. The van der Waals surface area contributed by atoms with Crippen LogP contribution in [0.1, 0.15) is 25.8 Å². The second-order valence-electron chi connectivity index (χ2n) is 11.6. The fourth-order valence-electron chi connectivity index (χ4n) is 7.48. The van der Waals surface area contributed by atoms with E-state index in [0.29, 0.717) is 35.2 Å². The van der Waals surface area contributed by atoms with Gasteiger partial charge in [-0.1, -0.05) is 42.8 Å². The first-order chi connectivity index (χ1) is 21.2. The van der Waals surface area contributed by atoms with Gasteiger partial charge in [0.15, 0.2) is 0 Å². The summed E-state index contributed by atoms with van der Waals surface area (Å²) in [5.41, 5.74) is 2.07. The molecule has 1 spiro atoms. The van der Waals surface area contributed by atoms with E-state index in [1.165, 1.54) is 4.90 Å². The monoisotopic (exact) mass is 637 g/mol. The van der Waals surface area contributed by atoms with Crippen LogP contribution in [0.2, 0.25) is 5.02 Å². The number of carbonyl (C=O) groups is 3. The number of nitrogens with zero attached hydrogens (tertiary/aromatic N) is 3. The molecule has 3 saturated heterocycles. The van der Waals surface area contributed by atoms with Crippen LogP contribution >= 0.6 is 23.4 Å². The van der Waals surface area contributed by atoms with Crippen LogP contribution in [0.15, 0.2) is 67.8 Å². The van der Waals surface area contributed by atoms with Crippen molar-refractivity contribution in [2.75, 3.05) is 42.6 Å². The van der Waals surface area contributed by atoms with Crippen molar-refractivity contribution in [1.82, 2.24) is 4.90 Å². The summed E-state index contributed by atoms with van der Waals surface area (Å²) in [4.78, 5) is 48.5. The molecule has 8 nitrogen and oxygen atoms in total. The van der Waals surface area contributed by atoms with E-state index in [1.807, 2.05) is 50.2 Å². The number of fused-ring (bicyclic) bond motifs is 1. The standard InChI is InChI=1S/C34H40ClN3O5S/c1-6-16-36(23-12-14-24(15-13-23)43-8-3)31(40)27-26-20-22(5)34(44-26)28(27)32(41)38(18-19-39)30(34)33(42)37(17-7-2)29-21(4)10-9-11-25(29)35/h6-7,9-15,22,26-28,30,39H,1-2,8,16-20H2,3-5H3/t22?,26-,27+,28-,30?,34?/m0/s1. The third-order valence-corrected chi connectivity index (χ3v) is 11.6. The average Bonchev–Trinajstić information content (AvgIpc) is 3.59. The van der Waals surface area contributed by atoms with Gasteiger partial charge in [0.2, 0.25) is 11.8 Å². The van der Waals surface area contributed by atoms with E-state index in [4.69, 9.17) is 16.3 Å². The van der Waals surface area contributed by atoms with Gasteiger partial charge in [0.1, 0.15) is 11.8 Å². The highest BCUT2D eigenvalue weighted by atomic mass is 35.5. The molecule has 3 fully saturated rings. The summed E-state index contributed by atoms with van der Waals surface area (Å²) in [6, 6.07) is 11.9. The van der Waals surface area contributed by atoms with Gasteiger partial charge in [0.05, 0.1) is 40.5 Å². The van der Waals surface area contributed by atoms with Gasteiger partial charge in [-0.2, -0.15) is 0 Å². The highest BCUT2D eigenvalue weighted by Crippen LogP contribution is 2.69. The molecule has 1 N–H and O–H groups in total. The SMILES string of the molecule is C=CCN(C(=O)[C@@H]1[C@@H]2CC(C)C3(S2)C(C(=O)N(CC=C)c2c(C)cccc2Cl)N(CCO)C(=O)[C@H]13)c1ccc(OCC)cc1. The molecule has 2 aromatic rings. The minimum absolute atomic E-state index is 0.00889. The molecule has 10 heteroatoms. The van der Waals surface area contributed by atoms with Gasteiger partial charge in [-0.3, -0.25) is 14.4 Å². The molecule has 6 atom stereocenters. The number of aliphatic hydroxyl groups is 1. The molecule has 3 heterocycles. The first kappa shape index (κ1) is 32.1. The van der Waals surface area contributed by atoms with Crippen molar-refractivity contribution in [3.63, 3.8) is 0 Å². The fraction of sp³-hybridized carbons (Fsp3) is 0.441. The van der Waals surface area contributed by atoms with Gasteiger partial charge in [-0.25, -0.2) is 0 Å². The summed E-state index contributed by atoms with van der Waals surface area (Å²) in [5, 5.41) is 10.4. The predicted molar refractivity (Wildman–Crippen MR) is 176 cm³/mol. The quantitative estimate of drug-likeness (QED) is 0.325. The molecule has 3 aliphatic rings. The largest absolute Gasteiger partial charge is 0.494 e. The van der Waals surface area contributed by atoms with Crippen LogP contribution in [0.25, 0.3) is 0 Å². The molecular formula is C34H40ClN3O5S. The summed E-state index contributed by atoms with van der Waals surface area (Å²) < 4.78 is 4.74. The van der Waals surface area contributed by atoms with Crippen molar-refractivity contribution in [2.24, 2.45) is 17.8 Å². The second-order valence-corrected chi connectivity index (χ2v) is 13.6. The zero-order valence-electron chi connectivity index (χ0n) is 25.4. The zero-order valence-corrected chi connectivity index (χ0v) is 27.0. The summed E-state index contributed by atoms with van der Waals surface area (Å²) in [6.45, 7) is 14.3. The molecule has 0 radical (unpaired) electrons. The summed E-state index contributed by atoms with van der Waals surface area (Å²) in [5.74, 6) is -1.39. The molecule has 2 bridgehead atoms. The Balaban J connectivity index is 1.57. The number of rotatable bonds is 12. The minimum Gasteiger partial charge on any atom is -0.494 e. The molecule has 3 aliphatic heterocycles. The predicted octanol–water partition coefficient (Wildman–Crippen LogP) is 5.11. The van der Waals surface area contributed by atoms with Gasteiger partial charge in [0, 0.05) is 30.6 Å². The molecular weight excluding hydrogens is 598 g/mol. The number of benzene rings is 2. The van der Waals surface area contributed by atoms with Gasteiger partial charge in [-0.05, 0) is 62.1 Å². The molecule has 44 heavy (non-hydrogen) atoms. The minimum atomic E-state index is -0.885. The van der Waals surface area contributed by atoms with Crippen molar-refractivity contribution < 1.29 is 24.2 Å². The van der Waals surface area contributed by atoms with E-state index >= 15 is 0 Å². The molecule has 3 unspecified atom stereocenters. The lowest BCUT2D eigenvalue weighted by atomic mass is 9.65. The van der Waals surface area contributed by atoms with Crippen LogP contribution in [-0.2, 0) is 14.4 Å². The van der Waals surface area contributed by atoms with Crippen molar-refractivity contribution in [3.8, 4) is 5.75 Å². The highest BCUT2D eigenvalue weighted by Gasteiger charge is 2.76. The van der Waals surface area contributed by atoms with Crippen LogP contribution in [0.5, 0.6) is 5.75 Å². The van der Waals surface area contributed by atoms with E-state index in [0.717, 1.165) is 5.56 Å². The number of likely N-dealkylation sites (tertiary alicyclic amines) is 1. The summed E-state index contributed by atoms with van der Waals surface area (Å²) >= 11 is 8.25. The van der Waals surface area contributed by atoms with Crippen molar-refractivity contribution in [2.45, 2.75) is 43.2 Å². The Hall–Kier alpha value is -3.27. The van der Waals surface area contributed by atoms with E-state index in [2.05, 4.69) is 20.1 Å². The van der Waals surface area contributed by atoms with Crippen LogP contribution in [-0.4, -0.2) is 76.6 Å². The number of carbonyl (C=O) groups excluding carboxylic acids is 3. The number of hydrogen-bond acceptors (Lipinski definition) is 6. The maximum atomic E-state index is 14.8. The first-order valence-electron chi connectivity index (χ1n) is 15.1. The molecule has 0 aromatic heterocycles. The molecule has 234 valence electrons. The number of halogens is 1. The number of aliphatic hydroxyl groups excluding tert-OH is 1. The Bertz CT molecular complexity index is 1430. The van der Waals surface area contributed by atoms with Crippen molar-refractivity contribution >= 4 is 52.5 Å². The lowest BCUT2D eigenvalue weighted by molar-refractivity contribution is -0.139. The van der Waals surface area contributed by atoms with E-state index in [9.17, 15) is 19.5 Å². The van der Waals surface area contributed by atoms with E-state index < -0.39 is 22.6 Å². The zero-order chi connectivity index (χ0) is 31.8. The normalized spacial score (nSPS) is 26.8. The third kappa shape index (κ3) is 5.12. The fourth-order valence-corrected chi connectivity index (χ4v) is 10.2. The average molecular weight is 638 g/mol. The number of ether oxygens (including phenoxy) is 1. The van der Waals surface area contributed by atoms with Crippen LogP contribution < -0.4 is 14.5 Å². The Morgan fingerprint density at radius 2 is 1.82 bits per heavy atom. The summed E-state index contributed by atoms with van der Waals surface area (Å²) in [7, 11) is 0. The van der Waals surface area contributed by atoms with E-state index in [-0.39, 0.29) is 55.1 Å². The first-order valence-corrected chi connectivity index (χ1v) is 16.3. The number of β-amino-alcohol motifs (C(OH)–C–C–N with tert-alkyl or cyclic N) is 1. The van der Waals surface area contributed by atoms with Gasteiger partial charge in [-0.15, -0.1) is 24.9 Å². The highest BCUT2D eigenvalue weighted by molar-refractivity contribution is 8.02. The van der Waals surface area contributed by atoms with Crippen LogP contribution in [0.3, 0.4) is 0 Å². The number of amides is 3. The number of anilines is 2. The molecule has 3 amide bonds. The number of aryl methyl sites for hydroxylation is 1. The van der Waals surface area contributed by atoms with E-state index in [1.54, 1.807) is 39.8 Å². The molecule has 2 aromatic carbocycles. The topological polar surface area (TPSA) is 90.4 Å². The van der Waals surface area contributed by atoms with Crippen molar-refractivity contribution in [3.05, 3.63) is 78.4 Å². The lowest BCUT2D eigenvalue weighted by Crippen LogP contribution is -2.58. The summed E-state index contributed by atoms with van der Waals surface area (Å²) in [6.07, 6.45) is 4.01.